The molecular formula is C8H14O3U. The fourth-order valence-corrected chi connectivity index (χ4v) is 0.708. The first kappa shape index (κ1) is 15.1. The zero-order valence-corrected chi connectivity index (χ0v) is 11.6. The molecule has 1 unspecified atom stereocenters. The van der Waals surface area contributed by atoms with E-state index in [9.17, 15) is 4.79 Å². The molecule has 1 N–H and O–H groups in total. The molecule has 0 radical (unpaired) electrons. The number of aliphatic hydroxyl groups is 1. The van der Waals surface area contributed by atoms with Crippen LogP contribution in [0.2, 0.25) is 0 Å². The fourth-order valence-electron chi connectivity index (χ4n) is 0.708. The van der Waals surface area contributed by atoms with Crippen molar-refractivity contribution in [2.24, 2.45) is 0 Å². The largest absolute Gasteiger partial charge is 2.00 e. The summed E-state index contributed by atoms with van der Waals surface area (Å²) in [6.07, 6.45) is 3.15. The van der Waals surface area contributed by atoms with Crippen LogP contribution >= 0.6 is 0 Å². The van der Waals surface area contributed by atoms with Gasteiger partial charge in [-0.05, 0) is 6.42 Å². The SMILES string of the molecule is C[C-](C)OC([CH-]CO)CC=O.[U+2]. The maximum Gasteiger partial charge on any atom is 2.00 e. The van der Waals surface area contributed by atoms with E-state index in [4.69, 9.17) is 9.84 Å². The smallest absolute Gasteiger partial charge is 0.571 e. The van der Waals surface area contributed by atoms with Crippen molar-refractivity contribution in [3.8, 4) is 0 Å². The van der Waals surface area contributed by atoms with Crippen molar-refractivity contribution < 1.29 is 45.8 Å². The second-order valence-electron chi connectivity index (χ2n) is 2.39. The van der Waals surface area contributed by atoms with Gasteiger partial charge in [0.15, 0.2) is 0 Å². The molecule has 4 heteroatoms. The Morgan fingerprint density at radius 1 is 1.67 bits per heavy atom. The quantitative estimate of drug-likeness (QED) is 0.532. The molecule has 0 aliphatic heterocycles. The van der Waals surface area contributed by atoms with Gasteiger partial charge < -0.3 is 14.6 Å². The van der Waals surface area contributed by atoms with E-state index in [1.54, 1.807) is 6.42 Å². The van der Waals surface area contributed by atoms with Crippen molar-refractivity contribution in [1.82, 2.24) is 0 Å². The van der Waals surface area contributed by atoms with E-state index in [0.717, 1.165) is 12.4 Å². The van der Waals surface area contributed by atoms with Gasteiger partial charge in [-0.25, -0.2) is 6.10 Å². The maximum absolute atomic E-state index is 10.1. The summed E-state index contributed by atoms with van der Waals surface area (Å²) in [4.78, 5) is 10.1. The Hall–Kier alpha value is 0.642. The van der Waals surface area contributed by atoms with E-state index in [2.05, 4.69) is 0 Å². The van der Waals surface area contributed by atoms with Crippen molar-refractivity contribution in [3.05, 3.63) is 12.5 Å². The first-order valence-electron chi connectivity index (χ1n) is 3.55. The van der Waals surface area contributed by atoms with Crippen LogP contribution < -0.4 is 0 Å². The van der Waals surface area contributed by atoms with Gasteiger partial charge in [0.25, 0.3) is 0 Å². The van der Waals surface area contributed by atoms with Crippen LogP contribution in [0.15, 0.2) is 0 Å². The summed E-state index contributed by atoms with van der Waals surface area (Å²) in [5.41, 5.74) is 0. The van der Waals surface area contributed by atoms with Gasteiger partial charge in [-0.1, -0.05) is 12.7 Å². The molecule has 68 valence electrons. The third kappa shape index (κ3) is 8.74. The summed E-state index contributed by atoms with van der Waals surface area (Å²) < 4.78 is 5.20. The van der Waals surface area contributed by atoms with Gasteiger partial charge in [-0.15, -0.1) is 0 Å². The molecule has 0 aliphatic rings. The Morgan fingerprint density at radius 3 is 2.58 bits per heavy atom. The predicted molar refractivity (Wildman–Crippen MR) is 41.5 cm³/mol. The number of ether oxygens (including phenoxy) is 1. The minimum absolute atomic E-state index is 0. The molecular weight excluding hydrogens is 382 g/mol. The Kier molecular flexibility index (Phi) is 12.3. The summed E-state index contributed by atoms with van der Waals surface area (Å²) in [7, 11) is 0. The van der Waals surface area contributed by atoms with Gasteiger partial charge in [0.2, 0.25) is 0 Å². The molecule has 0 aromatic carbocycles. The molecule has 0 rings (SSSR count). The van der Waals surface area contributed by atoms with Gasteiger partial charge in [-0.2, -0.15) is 13.8 Å². The zero-order valence-electron chi connectivity index (χ0n) is 7.41. The van der Waals surface area contributed by atoms with Gasteiger partial charge in [-0.3, -0.25) is 6.42 Å². The maximum atomic E-state index is 10.1. The molecule has 0 fully saturated rings. The molecule has 0 amide bonds. The average molecular weight is 396 g/mol. The molecule has 0 saturated carbocycles. The number of carbonyl (C=O) groups is 1. The first-order valence-corrected chi connectivity index (χ1v) is 3.55. The van der Waals surface area contributed by atoms with Crippen LogP contribution in [0, 0.1) is 43.6 Å². The van der Waals surface area contributed by atoms with Crippen molar-refractivity contribution in [2.75, 3.05) is 6.61 Å². The molecule has 0 aromatic heterocycles. The Morgan fingerprint density at radius 2 is 2.25 bits per heavy atom. The number of hydrogen-bond donors (Lipinski definition) is 1. The Labute approximate surface area is 97.2 Å². The van der Waals surface area contributed by atoms with Crippen LogP contribution in [0.4, 0.5) is 0 Å². The van der Waals surface area contributed by atoms with Crippen LogP contribution in [0.5, 0.6) is 0 Å². The van der Waals surface area contributed by atoms with Crippen molar-refractivity contribution in [3.63, 3.8) is 0 Å². The van der Waals surface area contributed by atoms with Gasteiger partial charge in [0, 0.05) is 0 Å². The number of aldehydes is 1. The molecule has 0 aliphatic carbocycles. The van der Waals surface area contributed by atoms with Crippen LogP contribution in [0.25, 0.3) is 0 Å². The van der Waals surface area contributed by atoms with Crippen molar-refractivity contribution >= 4 is 6.29 Å². The molecule has 0 spiro atoms. The van der Waals surface area contributed by atoms with Crippen molar-refractivity contribution in [1.29, 1.82) is 0 Å². The number of carbonyl (C=O) groups excluding carboxylic acids is 1. The van der Waals surface area contributed by atoms with Crippen LogP contribution in [-0.4, -0.2) is 24.1 Å². The summed E-state index contributed by atoms with van der Waals surface area (Å²) >= 11 is 0. The summed E-state index contributed by atoms with van der Waals surface area (Å²) in [6, 6.07) is 0. The number of hydrogen-bond acceptors (Lipinski definition) is 3. The topological polar surface area (TPSA) is 46.5 Å². The second kappa shape index (κ2) is 9.73. The van der Waals surface area contributed by atoms with E-state index in [1.165, 1.54) is 0 Å². The zero-order chi connectivity index (χ0) is 8.69. The number of aliphatic hydroxyl groups excluding tert-OH is 1. The van der Waals surface area contributed by atoms with E-state index in [-0.39, 0.29) is 43.8 Å². The molecule has 12 heavy (non-hydrogen) atoms. The molecule has 0 heterocycles. The van der Waals surface area contributed by atoms with Crippen LogP contribution in [0.1, 0.15) is 20.3 Å². The summed E-state index contributed by atoms with van der Waals surface area (Å²) in [6.45, 7) is 3.55. The van der Waals surface area contributed by atoms with E-state index in [1.807, 2.05) is 13.8 Å². The van der Waals surface area contributed by atoms with E-state index in [0.29, 0.717) is 6.42 Å². The van der Waals surface area contributed by atoms with Crippen molar-refractivity contribution in [2.45, 2.75) is 26.4 Å². The number of rotatable bonds is 6. The molecule has 0 bridgehead atoms. The van der Waals surface area contributed by atoms with Crippen LogP contribution in [0.3, 0.4) is 0 Å². The van der Waals surface area contributed by atoms with Gasteiger partial charge in [0.05, 0.1) is 0 Å². The fraction of sp³-hybridized carbons (Fsp3) is 0.625. The standard InChI is InChI=1S/C8H14O3.U/c1-7(2)11-8(3-5-9)4-6-10;/h3,6,8-9H,4-5H2,1-2H3;/q-2;+2. The van der Waals surface area contributed by atoms with E-state index < -0.39 is 0 Å². The minimum atomic E-state index is -0.275. The molecule has 0 saturated heterocycles. The molecule has 3 nitrogen and oxygen atoms in total. The minimum Gasteiger partial charge on any atom is -0.571 e. The molecule has 1 atom stereocenters. The van der Waals surface area contributed by atoms with E-state index >= 15 is 0 Å². The Balaban J connectivity index is 0. The predicted octanol–water partition coefficient (Wildman–Crippen LogP) is 0.729. The first-order chi connectivity index (χ1) is 5.20. The third-order valence-corrected chi connectivity index (χ3v) is 1.08. The Bertz CT molecular complexity index is 106. The third-order valence-electron chi connectivity index (χ3n) is 1.08. The monoisotopic (exact) mass is 396 g/mol. The van der Waals surface area contributed by atoms with Gasteiger partial charge in [0.1, 0.15) is 6.29 Å². The summed E-state index contributed by atoms with van der Waals surface area (Å²) in [5, 5.41) is 8.52. The van der Waals surface area contributed by atoms with Crippen LogP contribution in [-0.2, 0) is 9.53 Å². The molecule has 0 aromatic rings. The second-order valence-corrected chi connectivity index (χ2v) is 2.39. The average Bonchev–Trinajstić information content (AvgIpc) is 1.87. The normalized spacial score (nSPS) is 12.3. The summed E-state index contributed by atoms with van der Waals surface area (Å²) in [5.74, 6) is 0. The van der Waals surface area contributed by atoms with Gasteiger partial charge >= 0.3 is 31.1 Å².